The Morgan fingerprint density at radius 1 is 1.32 bits per heavy atom. The molecule has 0 aliphatic heterocycles. The van der Waals surface area contributed by atoms with Crippen molar-refractivity contribution in [1.29, 1.82) is 0 Å². The van der Waals surface area contributed by atoms with E-state index in [1.54, 1.807) is 0 Å². The fourth-order valence-electron chi connectivity index (χ4n) is 2.43. The van der Waals surface area contributed by atoms with Crippen LogP contribution in [-0.4, -0.2) is 16.0 Å². The standard InChI is InChI=1S/C19H26ClN3O2/c1-11(2)16(21-15(24)10-19(4,5)6)18-22-17(23-25-18)13-8-7-12(3)14(20)9-13/h7-9,11,16H,10H2,1-6H3,(H,21,24). The molecule has 136 valence electrons. The monoisotopic (exact) mass is 363 g/mol. The molecule has 1 aromatic heterocycles. The van der Waals surface area contributed by atoms with Gasteiger partial charge in [-0.05, 0) is 29.9 Å². The SMILES string of the molecule is Cc1ccc(-c2noc(C(NC(=O)CC(C)(C)C)C(C)C)n2)cc1Cl. The van der Waals surface area contributed by atoms with Crippen LogP contribution in [-0.2, 0) is 4.79 Å². The predicted molar refractivity (Wildman–Crippen MR) is 99.3 cm³/mol. The molecule has 1 heterocycles. The molecule has 2 rings (SSSR count). The average Bonchev–Trinajstić information content (AvgIpc) is 2.95. The normalized spacial score (nSPS) is 13.1. The van der Waals surface area contributed by atoms with Crippen molar-refractivity contribution in [2.45, 2.75) is 54.0 Å². The van der Waals surface area contributed by atoms with Gasteiger partial charge in [0.1, 0.15) is 6.04 Å². The Hall–Kier alpha value is -1.88. The molecule has 2 aromatic rings. The minimum Gasteiger partial charge on any atom is -0.344 e. The molecule has 1 amide bonds. The van der Waals surface area contributed by atoms with Crippen molar-refractivity contribution < 1.29 is 9.32 Å². The van der Waals surface area contributed by atoms with Crippen LogP contribution in [0.2, 0.25) is 5.02 Å². The summed E-state index contributed by atoms with van der Waals surface area (Å²) < 4.78 is 5.42. The second kappa shape index (κ2) is 7.56. The summed E-state index contributed by atoms with van der Waals surface area (Å²) in [5, 5.41) is 7.71. The lowest BCUT2D eigenvalue weighted by Crippen LogP contribution is -2.34. The second-order valence-corrected chi connectivity index (χ2v) is 8.35. The van der Waals surface area contributed by atoms with Crippen LogP contribution in [0.1, 0.15) is 58.5 Å². The van der Waals surface area contributed by atoms with E-state index in [4.69, 9.17) is 16.1 Å². The van der Waals surface area contributed by atoms with Gasteiger partial charge in [0.15, 0.2) is 0 Å². The number of nitrogens with one attached hydrogen (secondary N) is 1. The van der Waals surface area contributed by atoms with Gasteiger partial charge in [0, 0.05) is 17.0 Å². The number of amides is 1. The third-order valence-electron chi connectivity index (χ3n) is 3.81. The summed E-state index contributed by atoms with van der Waals surface area (Å²) in [7, 11) is 0. The number of aromatic nitrogens is 2. The van der Waals surface area contributed by atoms with Gasteiger partial charge in [-0.25, -0.2) is 0 Å². The highest BCUT2D eigenvalue weighted by molar-refractivity contribution is 6.31. The Labute approximate surface area is 154 Å². The van der Waals surface area contributed by atoms with Crippen LogP contribution in [0.15, 0.2) is 22.7 Å². The lowest BCUT2D eigenvalue weighted by atomic mass is 9.91. The van der Waals surface area contributed by atoms with Crippen LogP contribution in [0, 0.1) is 18.3 Å². The molecule has 1 N–H and O–H groups in total. The molecule has 0 aliphatic carbocycles. The predicted octanol–water partition coefficient (Wildman–Crippen LogP) is 4.95. The summed E-state index contributed by atoms with van der Waals surface area (Å²) in [6, 6.07) is 5.31. The van der Waals surface area contributed by atoms with Gasteiger partial charge in [0.05, 0.1) is 0 Å². The first-order chi connectivity index (χ1) is 11.6. The number of halogens is 1. The first-order valence-corrected chi connectivity index (χ1v) is 8.84. The zero-order valence-corrected chi connectivity index (χ0v) is 16.4. The highest BCUT2D eigenvalue weighted by atomic mass is 35.5. The summed E-state index contributed by atoms with van der Waals surface area (Å²) in [6.45, 7) is 12.0. The molecule has 0 bridgehead atoms. The molecule has 0 fully saturated rings. The van der Waals surface area contributed by atoms with Gasteiger partial charge in [-0.3, -0.25) is 4.79 Å². The molecule has 25 heavy (non-hydrogen) atoms. The quantitative estimate of drug-likeness (QED) is 0.816. The summed E-state index contributed by atoms with van der Waals surface area (Å²) >= 11 is 6.17. The number of rotatable bonds is 5. The minimum atomic E-state index is -0.322. The van der Waals surface area contributed by atoms with E-state index >= 15 is 0 Å². The van der Waals surface area contributed by atoms with Crippen molar-refractivity contribution in [1.82, 2.24) is 15.5 Å². The molecule has 6 heteroatoms. The number of aryl methyl sites for hydroxylation is 1. The van der Waals surface area contributed by atoms with Gasteiger partial charge in [0.25, 0.3) is 0 Å². The maximum absolute atomic E-state index is 12.3. The van der Waals surface area contributed by atoms with E-state index in [0.717, 1.165) is 11.1 Å². The lowest BCUT2D eigenvalue weighted by Gasteiger charge is -2.22. The number of hydrogen-bond acceptors (Lipinski definition) is 4. The van der Waals surface area contributed by atoms with E-state index in [9.17, 15) is 4.79 Å². The van der Waals surface area contributed by atoms with Gasteiger partial charge < -0.3 is 9.84 Å². The maximum atomic E-state index is 12.3. The molecular formula is C19H26ClN3O2. The van der Waals surface area contributed by atoms with Gasteiger partial charge in [-0.15, -0.1) is 0 Å². The fraction of sp³-hybridized carbons (Fsp3) is 0.526. The molecule has 1 atom stereocenters. The average molecular weight is 364 g/mol. The van der Waals surface area contributed by atoms with E-state index in [0.29, 0.717) is 23.2 Å². The van der Waals surface area contributed by atoms with E-state index in [2.05, 4.69) is 15.5 Å². The molecule has 0 aliphatic rings. The molecule has 0 radical (unpaired) electrons. The molecule has 1 unspecified atom stereocenters. The second-order valence-electron chi connectivity index (χ2n) is 7.95. The number of benzene rings is 1. The number of carbonyl (C=O) groups excluding carboxylic acids is 1. The number of carbonyl (C=O) groups is 1. The summed E-state index contributed by atoms with van der Waals surface area (Å²) in [6.07, 6.45) is 0.435. The van der Waals surface area contributed by atoms with Gasteiger partial charge in [-0.1, -0.05) is 63.5 Å². The maximum Gasteiger partial charge on any atom is 0.249 e. The Kier molecular flexibility index (Phi) is 5.88. The van der Waals surface area contributed by atoms with E-state index in [1.807, 2.05) is 59.7 Å². The Bertz CT molecular complexity index is 747. The zero-order valence-electron chi connectivity index (χ0n) is 15.7. The van der Waals surface area contributed by atoms with Gasteiger partial charge >= 0.3 is 0 Å². The Morgan fingerprint density at radius 3 is 2.56 bits per heavy atom. The highest BCUT2D eigenvalue weighted by Gasteiger charge is 2.26. The van der Waals surface area contributed by atoms with E-state index in [1.165, 1.54) is 0 Å². The van der Waals surface area contributed by atoms with Crippen molar-refractivity contribution in [2.75, 3.05) is 0 Å². The minimum absolute atomic E-state index is 0.0238. The first-order valence-electron chi connectivity index (χ1n) is 8.46. The van der Waals surface area contributed by atoms with Crippen molar-refractivity contribution in [3.63, 3.8) is 0 Å². The van der Waals surface area contributed by atoms with Crippen molar-refractivity contribution >= 4 is 17.5 Å². The smallest absolute Gasteiger partial charge is 0.249 e. The highest BCUT2D eigenvalue weighted by Crippen LogP contribution is 2.27. The molecule has 0 saturated carbocycles. The fourth-order valence-corrected chi connectivity index (χ4v) is 2.61. The third-order valence-corrected chi connectivity index (χ3v) is 4.22. The van der Waals surface area contributed by atoms with Crippen LogP contribution in [0.25, 0.3) is 11.4 Å². The topological polar surface area (TPSA) is 68.0 Å². The van der Waals surface area contributed by atoms with Crippen molar-refractivity contribution in [2.24, 2.45) is 11.3 Å². The number of hydrogen-bond donors (Lipinski definition) is 1. The summed E-state index contributed by atoms with van der Waals surface area (Å²) in [5.41, 5.74) is 1.70. The Balaban J connectivity index is 2.21. The van der Waals surface area contributed by atoms with Gasteiger partial charge in [-0.2, -0.15) is 4.98 Å². The number of nitrogens with zero attached hydrogens (tertiary/aromatic N) is 2. The van der Waals surface area contributed by atoms with Crippen molar-refractivity contribution in [3.05, 3.63) is 34.7 Å². The molecule has 0 saturated heterocycles. The summed E-state index contributed by atoms with van der Waals surface area (Å²) in [5.74, 6) is 0.972. The van der Waals surface area contributed by atoms with E-state index < -0.39 is 0 Å². The van der Waals surface area contributed by atoms with Crippen LogP contribution in [0.3, 0.4) is 0 Å². The van der Waals surface area contributed by atoms with Crippen LogP contribution >= 0.6 is 11.6 Å². The molecular weight excluding hydrogens is 338 g/mol. The Morgan fingerprint density at radius 2 is 2.00 bits per heavy atom. The molecule has 0 spiro atoms. The largest absolute Gasteiger partial charge is 0.344 e. The summed E-state index contributed by atoms with van der Waals surface area (Å²) in [4.78, 5) is 16.8. The van der Waals surface area contributed by atoms with Crippen LogP contribution in [0.4, 0.5) is 0 Å². The van der Waals surface area contributed by atoms with Crippen LogP contribution in [0.5, 0.6) is 0 Å². The molecule has 1 aromatic carbocycles. The van der Waals surface area contributed by atoms with Crippen LogP contribution < -0.4 is 5.32 Å². The third kappa shape index (κ3) is 5.30. The first kappa shape index (κ1) is 19.4. The zero-order chi connectivity index (χ0) is 18.8. The molecule has 5 nitrogen and oxygen atoms in total. The lowest BCUT2D eigenvalue weighted by molar-refractivity contribution is -0.124. The van der Waals surface area contributed by atoms with Gasteiger partial charge in [0.2, 0.25) is 17.6 Å². The van der Waals surface area contributed by atoms with Crippen molar-refractivity contribution in [3.8, 4) is 11.4 Å². The van der Waals surface area contributed by atoms with E-state index in [-0.39, 0.29) is 23.3 Å².